The second-order valence-corrected chi connectivity index (χ2v) is 5.84. The molecule has 15 heavy (non-hydrogen) atoms. The molecule has 0 aromatic rings. The van der Waals surface area contributed by atoms with E-state index < -0.39 is 0 Å². The second kappa shape index (κ2) is 6.09. The van der Waals surface area contributed by atoms with Gasteiger partial charge in [0.1, 0.15) is 0 Å². The van der Waals surface area contributed by atoms with E-state index in [1.54, 1.807) is 0 Å². The minimum Gasteiger partial charge on any atom is -0.353 e. The molecule has 2 aliphatic heterocycles. The molecule has 3 nitrogen and oxygen atoms in total. The van der Waals surface area contributed by atoms with Gasteiger partial charge in [0.15, 0.2) is 6.29 Å². The number of ether oxygens (including phenoxy) is 2. The molecule has 1 unspecified atom stereocenters. The Morgan fingerprint density at radius 1 is 1.33 bits per heavy atom. The highest BCUT2D eigenvalue weighted by Gasteiger charge is 2.19. The molecule has 2 heterocycles. The quantitative estimate of drug-likeness (QED) is 0.735. The summed E-state index contributed by atoms with van der Waals surface area (Å²) in [5, 5.41) is 0.784. The first-order valence-electron chi connectivity index (χ1n) is 5.92. The fraction of sp³-hybridized carbons (Fsp3) is 1.00. The van der Waals surface area contributed by atoms with Gasteiger partial charge < -0.3 is 14.4 Å². The predicted molar refractivity (Wildman–Crippen MR) is 63.3 cm³/mol. The zero-order chi connectivity index (χ0) is 10.5. The number of hydrogen-bond donors (Lipinski definition) is 0. The first-order chi connectivity index (χ1) is 7.34. The van der Waals surface area contributed by atoms with Gasteiger partial charge >= 0.3 is 0 Å². The van der Waals surface area contributed by atoms with Gasteiger partial charge in [0.25, 0.3) is 0 Å². The van der Waals surface area contributed by atoms with E-state index in [4.69, 9.17) is 9.47 Å². The fourth-order valence-electron chi connectivity index (χ4n) is 2.08. The average molecular weight is 231 g/mol. The van der Waals surface area contributed by atoms with Crippen molar-refractivity contribution in [1.82, 2.24) is 4.90 Å². The second-order valence-electron chi connectivity index (χ2n) is 4.30. The Morgan fingerprint density at radius 3 is 2.87 bits per heavy atom. The summed E-state index contributed by atoms with van der Waals surface area (Å²) in [6, 6.07) is 0. The van der Waals surface area contributed by atoms with Crippen LogP contribution in [0.1, 0.15) is 19.8 Å². The van der Waals surface area contributed by atoms with Gasteiger partial charge in [-0.1, -0.05) is 6.92 Å². The van der Waals surface area contributed by atoms with Crippen LogP contribution in [-0.2, 0) is 9.47 Å². The van der Waals surface area contributed by atoms with Gasteiger partial charge in [-0.15, -0.1) is 0 Å². The average Bonchev–Trinajstić information content (AvgIpc) is 2.28. The highest BCUT2D eigenvalue weighted by Crippen LogP contribution is 2.18. The molecule has 88 valence electrons. The van der Waals surface area contributed by atoms with Crippen LogP contribution in [0.4, 0.5) is 0 Å². The van der Waals surface area contributed by atoms with Crippen LogP contribution < -0.4 is 0 Å². The predicted octanol–water partition coefficient (Wildman–Crippen LogP) is 1.58. The van der Waals surface area contributed by atoms with E-state index >= 15 is 0 Å². The number of rotatable bonds is 3. The molecule has 4 heteroatoms. The SMILES string of the molecule is CC1CN(CCC2OCCCO2)CCS1. The maximum Gasteiger partial charge on any atom is 0.158 e. The topological polar surface area (TPSA) is 21.7 Å². The molecule has 0 aromatic carbocycles. The van der Waals surface area contributed by atoms with Crippen LogP contribution in [0.15, 0.2) is 0 Å². The summed E-state index contributed by atoms with van der Waals surface area (Å²) in [7, 11) is 0. The molecular weight excluding hydrogens is 210 g/mol. The zero-order valence-electron chi connectivity index (χ0n) is 9.48. The van der Waals surface area contributed by atoms with E-state index in [1.165, 1.54) is 18.8 Å². The zero-order valence-corrected chi connectivity index (χ0v) is 10.3. The lowest BCUT2D eigenvalue weighted by atomic mass is 10.3. The van der Waals surface area contributed by atoms with E-state index in [0.717, 1.165) is 37.9 Å². The van der Waals surface area contributed by atoms with Gasteiger partial charge in [-0.3, -0.25) is 0 Å². The molecule has 1 atom stereocenters. The molecule has 2 rings (SSSR count). The maximum absolute atomic E-state index is 5.54. The van der Waals surface area contributed by atoms with Crippen LogP contribution in [-0.4, -0.2) is 55.0 Å². The maximum atomic E-state index is 5.54. The van der Waals surface area contributed by atoms with Gasteiger partial charge in [0, 0.05) is 37.1 Å². The molecule has 0 N–H and O–H groups in total. The van der Waals surface area contributed by atoms with Gasteiger partial charge in [-0.05, 0) is 6.42 Å². The van der Waals surface area contributed by atoms with Crippen LogP contribution in [0, 0.1) is 0 Å². The first kappa shape index (κ1) is 11.7. The van der Waals surface area contributed by atoms with Gasteiger partial charge in [0.2, 0.25) is 0 Å². The molecule has 2 fully saturated rings. The Labute approximate surface area is 96.5 Å². The van der Waals surface area contributed by atoms with Crippen molar-refractivity contribution in [2.75, 3.05) is 38.6 Å². The standard InChI is InChI=1S/C11H21NO2S/c1-10-9-12(5-8-15-10)4-3-11-13-6-2-7-14-11/h10-11H,2-9H2,1H3. The Balaban J connectivity index is 1.63. The van der Waals surface area contributed by atoms with E-state index in [-0.39, 0.29) is 6.29 Å². The van der Waals surface area contributed by atoms with Crippen LogP contribution in [0.2, 0.25) is 0 Å². The molecule has 0 bridgehead atoms. The molecule has 0 saturated carbocycles. The number of hydrogen-bond acceptors (Lipinski definition) is 4. The monoisotopic (exact) mass is 231 g/mol. The van der Waals surface area contributed by atoms with E-state index in [2.05, 4.69) is 23.6 Å². The molecule has 2 aliphatic rings. The molecular formula is C11H21NO2S. The molecule has 2 saturated heterocycles. The van der Waals surface area contributed by atoms with Crippen LogP contribution >= 0.6 is 11.8 Å². The summed E-state index contributed by atoms with van der Waals surface area (Å²) in [5.74, 6) is 1.27. The summed E-state index contributed by atoms with van der Waals surface area (Å²) in [6.45, 7) is 7.62. The Bertz CT molecular complexity index is 185. The van der Waals surface area contributed by atoms with E-state index in [9.17, 15) is 0 Å². The van der Waals surface area contributed by atoms with Crippen molar-refractivity contribution in [3.8, 4) is 0 Å². The van der Waals surface area contributed by atoms with Crippen molar-refractivity contribution >= 4 is 11.8 Å². The van der Waals surface area contributed by atoms with Crippen LogP contribution in [0.25, 0.3) is 0 Å². The Kier molecular flexibility index (Phi) is 4.75. The Morgan fingerprint density at radius 2 is 2.13 bits per heavy atom. The lowest BCUT2D eigenvalue weighted by Crippen LogP contribution is -2.39. The summed E-state index contributed by atoms with van der Waals surface area (Å²) in [4.78, 5) is 2.53. The van der Waals surface area contributed by atoms with Gasteiger partial charge in [-0.2, -0.15) is 11.8 Å². The minimum absolute atomic E-state index is 0.0589. The third kappa shape index (κ3) is 3.94. The van der Waals surface area contributed by atoms with E-state index in [0.29, 0.717) is 0 Å². The summed E-state index contributed by atoms with van der Waals surface area (Å²) in [6.07, 6.45) is 2.13. The highest BCUT2D eigenvalue weighted by atomic mass is 32.2. The Hall–Kier alpha value is 0.230. The smallest absolute Gasteiger partial charge is 0.158 e. The van der Waals surface area contributed by atoms with Gasteiger partial charge in [-0.25, -0.2) is 0 Å². The highest BCUT2D eigenvalue weighted by molar-refractivity contribution is 7.99. The molecule has 0 aliphatic carbocycles. The summed E-state index contributed by atoms with van der Waals surface area (Å²) >= 11 is 2.08. The lowest BCUT2D eigenvalue weighted by Gasteiger charge is -2.32. The van der Waals surface area contributed by atoms with Crippen molar-refractivity contribution in [1.29, 1.82) is 0 Å². The third-order valence-corrected chi connectivity index (χ3v) is 4.04. The largest absolute Gasteiger partial charge is 0.353 e. The molecule has 0 amide bonds. The van der Waals surface area contributed by atoms with Crippen molar-refractivity contribution in [2.45, 2.75) is 31.3 Å². The molecule has 0 aromatic heterocycles. The lowest BCUT2D eigenvalue weighted by molar-refractivity contribution is -0.182. The molecule has 0 spiro atoms. The van der Waals surface area contributed by atoms with Crippen molar-refractivity contribution in [3.05, 3.63) is 0 Å². The molecule has 0 radical (unpaired) electrons. The third-order valence-electron chi connectivity index (χ3n) is 2.90. The first-order valence-corrected chi connectivity index (χ1v) is 6.96. The number of nitrogens with zero attached hydrogens (tertiary/aromatic N) is 1. The van der Waals surface area contributed by atoms with Crippen molar-refractivity contribution in [2.24, 2.45) is 0 Å². The van der Waals surface area contributed by atoms with Crippen molar-refractivity contribution < 1.29 is 9.47 Å². The summed E-state index contributed by atoms with van der Waals surface area (Å²) < 4.78 is 11.1. The minimum atomic E-state index is 0.0589. The van der Waals surface area contributed by atoms with Crippen LogP contribution in [0.5, 0.6) is 0 Å². The normalized spacial score (nSPS) is 30.6. The summed E-state index contributed by atoms with van der Waals surface area (Å²) in [5.41, 5.74) is 0. The van der Waals surface area contributed by atoms with Crippen molar-refractivity contribution in [3.63, 3.8) is 0 Å². The fourth-order valence-corrected chi connectivity index (χ4v) is 3.17. The van der Waals surface area contributed by atoms with Gasteiger partial charge in [0.05, 0.1) is 13.2 Å². The van der Waals surface area contributed by atoms with E-state index in [1.807, 2.05) is 0 Å². The van der Waals surface area contributed by atoms with Crippen LogP contribution in [0.3, 0.4) is 0 Å². The number of thioether (sulfide) groups is 1.